The summed E-state index contributed by atoms with van der Waals surface area (Å²) in [6.45, 7) is 6.53. The fourth-order valence-electron chi connectivity index (χ4n) is 2.81. The molecule has 3 rings (SSSR count). The molecule has 1 aromatic carbocycles. The summed E-state index contributed by atoms with van der Waals surface area (Å²) in [4.78, 5) is 15.2. The van der Waals surface area contributed by atoms with Crippen molar-refractivity contribution < 1.29 is 9.90 Å². The first-order valence-corrected chi connectivity index (χ1v) is 8.66. The first-order valence-electron chi connectivity index (χ1n) is 8.66. The maximum absolute atomic E-state index is 11.0. The number of aryl methyl sites for hydroxylation is 1. The molecule has 0 radical (unpaired) electrons. The van der Waals surface area contributed by atoms with E-state index in [1.165, 1.54) is 5.56 Å². The van der Waals surface area contributed by atoms with E-state index in [4.69, 9.17) is 10.2 Å². The number of carbonyl (C=O) groups is 1. The van der Waals surface area contributed by atoms with Crippen LogP contribution in [0.4, 0.5) is 0 Å². The van der Waals surface area contributed by atoms with Crippen LogP contribution in [0.25, 0.3) is 16.9 Å². The topological polar surface area (TPSA) is 68.0 Å². The van der Waals surface area contributed by atoms with Crippen LogP contribution >= 0.6 is 0 Å². The minimum absolute atomic E-state index is 0.0677. The second kappa shape index (κ2) is 7.12. The van der Waals surface area contributed by atoms with E-state index in [0.29, 0.717) is 6.42 Å². The third kappa shape index (κ3) is 3.99. The summed E-state index contributed by atoms with van der Waals surface area (Å²) >= 11 is 0. The Morgan fingerprint density at radius 1 is 1.15 bits per heavy atom. The molecule has 26 heavy (non-hydrogen) atoms. The van der Waals surface area contributed by atoms with Crippen LogP contribution in [0.3, 0.4) is 0 Å². The Labute approximate surface area is 153 Å². The Morgan fingerprint density at radius 3 is 2.46 bits per heavy atom. The van der Waals surface area contributed by atoms with Crippen LogP contribution in [0.5, 0.6) is 0 Å². The number of hydrogen-bond acceptors (Lipinski definition) is 3. The maximum atomic E-state index is 11.0. The maximum Gasteiger partial charge on any atom is 0.303 e. The Bertz CT molecular complexity index is 891. The third-order valence-corrected chi connectivity index (χ3v) is 4.31. The zero-order chi connectivity index (χ0) is 18.7. The molecule has 0 unspecified atom stereocenters. The summed E-state index contributed by atoms with van der Waals surface area (Å²) in [5.74, 6) is -0.816. The molecule has 0 aliphatic heterocycles. The average molecular weight is 349 g/mol. The van der Waals surface area contributed by atoms with Gasteiger partial charge in [0.25, 0.3) is 0 Å². The van der Waals surface area contributed by atoms with Gasteiger partial charge in [0.1, 0.15) is 0 Å². The summed E-state index contributed by atoms with van der Waals surface area (Å²) in [5, 5.41) is 13.8. The van der Waals surface area contributed by atoms with Crippen LogP contribution < -0.4 is 0 Å². The van der Waals surface area contributed by atoms with E-state index in [1.54, 1.807) is 12.4 Å². The van der Waals surface area contributed by atoms with Crippen LogP contribution in [0, 0.1) is 0 Å². The van der Waals surface area contributed by atoms with Crippen LogP contribution in [0.15, 0.2) is 54.9 Å². The summed E-state index contributed by atoms with van der Waals surface area (Å²) in [6.07, 6.45) is 3.97. The third-order valence-electron chi connectivity index (χ3n) is 4.31. The van der Waals surface area contributed by atoms with Gasteiger partial charge in [-0.3, -0.25) is 9.78 Å². The highest BCUT2D eigenvalue weighted by Gasteiger charge is 2.16. The molecule has 0 atom stereocenters. The zero-order valence-corrected chi connectivity index (χ0v) is 15.3. The number of aliphatic carboxylic acids is 1. The Balaban J connectivity index is 2.01. The van der Waals surface area contributed by atoms with E-state index in [-0.39, 0.29) is 11.8 Å². The summed E-state index contributed by atoms with van der Waals surface area (Å²) in [6, 6.07) is 14.0. The van der Waals surface area contributed by atoms with E-state index in [1.807, 2.05) is 35.0 Å². The standard InChI is InChI=1S/C21H23N3O2/c1-21(2,3)16-6-8-17(9-7-16)24-18(10-11-20(25)26)13-19(23-24)15-5-4-12-22-14-15/h4-9,12-14H,10-11H2,1-3H3,(H,25,26). The molecular formula is C21H23N3O2. The Hall–Kier alpha value is -2.95. The molecule has 5 heteroatoms. The molecule has 0 saturated carbocycles. The van der Waals surface area contributed by atoms with Crippen molar-refractivity contribution in [3.8, 4) is 16.9 Å². The molecule has 0 saturated heterocycles. The quantitative estimate of drug-likeness (QED) is 0.748. The smallest absolute Gasteiger partial charge is 0.303 e. The minimum atomic E-state index is -0.816. The lowest BCUT2D eigenvalue weighted by molar-refractivity contribution is -0.136. The van der Waals surface area contributed by atoms with Gasteiger partial charge in [-0.2, -0.15) is 5.10 Å². The Kier molecular flexibility index (Phi) is 4.89. The fourth-order valence-corrected chi connectivity index (χ4v) is 2.81. The molecular weight excluding hydrogens is 326 g/mol. The van der Waals surface area contributed by atoms with Crippen molar-refractivity contribution in [2.45, 2.75) is 39.0 Å². The van der Waals surface area contributed by atoms with Crippen molar-refractivity contribution in [2.24, 2.45) is 0 Å². The van der Waals surface area contributed by atoms with Gasteiger partial charge < -0.3 is 5.11 Å². The first-order chi connectivity index (χ1) is 12.3. The van der Waals surface area contributed by atoms with E-state index in [9.17, 15) is 4.79 Å². The number of benzene rings is 1. The lowest BCUT2D eigenvalue weighted by Gasteiger charge is -2.19. The predicted molar refractivity (Wildman–Crippen MR) is 101 cm³/mol. The van der Waals surface area contributed by atoms with Crippen molar-refractivity contribution in [1.82, 2.24) is 14.8 Å². The van der Waals surface area contributed by atoms with E-state index < -0.39 is 5.97 Å². The molecule has 1 N–H and O–H groups in total. The second-order valence-corrected chi connectivity index (χ2v) is 7.37. The van der Waals surface area contributed by atoms with Crippen molar-refractivity contribution in [3.63, 3.8) is 0 Å². The van der Waals surface area contributed by atoms with Gasteiger partial charge in [-0.05, 0) is 41.3 Å². The average Bonchev–Trinajstić information content (AvgIpc) is 3.04. The highest BCUT2D eigenvalue weighted by molar-refractivity contribution is 5.67. The minimum Gasteiger partial charge on any atom is -0.481 e. The SMILES string of the molecule is CC(C)(C)c1ccc(-n2nc(-c3cccnc3)cc2CCC(=O)O)cc1. The fraction of sp³-hybridized carbons (Fsp3) is 0.286. The molecule has 0 amide bonds. The van der Waals surface area contributed by atoms with Gasteiger partial charge in [0, 0.05) is 30.1 Å². The number of carboxylic acid groups (broad SMARTS) is 1. The summed E-state index contributed by atoms with van der Waals surface area (Å²) < 4.78 is 1.83. The molecule has 0 aliphatic carbocycles. The lowest BCUT2D eigenvalue weighted by atomic mass is 9.87. The molecule has 2 heterocycles. The number of nitrogens with zero attached hydrogens (tertiary/aromatic N) is 3. The molecule has 0 fully saturated rings. The lowest BCUT2D eigenvalue weighted by Crippen LogP contribution is -2.11. The van der Waals surface area contributed by atoms with Gasteiger partial charge in [-0.1, -0.05) is 32.9 Å². The molecule has 5 nitrogen and oxygen atoms in total. The number of pyridine rings is 1. The van der Waals surface area contributed by atoms with Gasteiger partial charge in [-0.25, -0.2) is 4.68 Å². The van der Waals surface area contributed by atoms with Crippen molar-refractivity contribution >= 4 is 5.97 Å². The molecule has 0 spiro atoms. The molecule has 0 aliphatic rings. The molecule has 2 aromatic heterocycles. The monoisotopic (exact) mass is 349 g/mol. The predicted octanol–water partition coefficient (Wildman–Crippen LogP) is 4.25. The zero-order valence-electron chi connectivity index (χ0n) is 15.3. The highest BCUT2D eigenvalue weighted by atomic mass is 16.4. The normalized spacial score (nSPS) is 11.5. The van der Waals surface area contributed by atoms with Crippen LogP contribution in [0.1, 0.15) is 38.4 Å². The summed E-state index contributed by atoms with van der Waals surface area (Å²) in [5.41, 5.74) is 4.82. The first kappa shape index (κ1) is 17.9. The van der Waals surface area contributed by atoms with E-state index in [0.717, 1.165) is 22.6 Å². The van der Waals surface area contributed by atoms with Gasteiger partial charge >= 0.3 is 5.97 Å². The number of aromatic nitrogens is 3. The van der Waals surface area contributed by atoms with Gasteiger partial charge in [0.2, 0.25) is 0 Å². The number of rotatable bonds is 5. The molecule has 3 aromatic rings. The van der Waals surface area contributed by atoms with Crippen molar-refractivity contribution in [3.05, 3.63) is 66.1 Å². The largest absolute Gasteiger partial charge is 0.481 e. The van der Waals surface area contributed by atoms with E-state index in [2.05, 4.69) is 37.9 Å². The summed E-state index contributed by atoms with van der Waals surface area (Å²) in [7, 11) is 0. The number of carboxylic acids is 1. The molecule has 0 bridgehead atoms. The van der Waals surface area contributed by atoms with Crippen LogP contribution in [0.2, 0.25) is 0 Å². The van der Waals surface area contributed by atoms with Crippen LogP contribution in [-0.4, -0.2) is 25.8 Å². The second-order valence-electron chi connectivity index (χ2n) is 7.37. The van der Waals surface area contributed by atoms with Gasteiger partial charge in [0.05, 0.1) is 17.8 Å². The van der Waals surface area contributed by atoms with Crippen molar-refractivity contribution in [2.75, 3.05) is 0 Å². The van der Waals surface area contributed by atoms with Gasteiger partial charge in [-0.15, -0.1) is 0 Å². The van der Waals surface area contributed by atoms with Crippen molar-refractivity contribution in [1.29, 1.82) is 0 Å². The number of hydrogen-bond donors (Lipinski definition) is 1. The Morgan fingerprint density at radius 2 is 1.88 bits per heavy atom. The van der Waals surface area contributed by atoms with Crippen LogP contribution in [-0.2, 0) is 16.6 Å². The molecule has 134 valence electrons. The van der Waals surface area contributed by atoms with E-state index >= 15 is 0 Å². The highest BCUT2D eigenvalue weighted by Crippen LogP contribution is 2.25. The van der Waals surface area contributed by atoms with Gasteiger partial charge in [0.15, 0.2) is 0 Å².